The molecule has 0 fully saturated rings. The van der Waals surface area contributed by atoms with Gasteiger partial charge in [0.1, 0.15) is 0 Å². The van der Waals surface area contributed by atoms with Crippen LogP contribution in [0.4, 0.5) is 0 Å². The second kappa shape index (κ2) is 4.70. The number of nitrogens with zero attached hydrogens (tertiary/aromatic N) is 4. The van der Waals surface area contributed by atoms with Crippen LogP contribution in [-0.2, 0) is 19.4 Å². The van der Waals surface area contributed by atoms with Crippen LogP contribution in [0.3, 0.4) is 0 Å². The van der Waals surface area contributed by atoms with E-state index in [1.807, 2.05) is 6.20 Å². The fraction of sp³-hybridized carbons (Fsp3) is 0.444. The number of aromatic nitrogens is 4. The van der Waals surface area contributed by atoms with Gasteiger partial charge >= 0.3 is 0 Å². The molecule has 0 saturated heterocycles. The monoisotopic (exact) mass is 207 g/mol. The fourth-order valence-corrected chi connectivity index (χ4v) is 1.43. The fourth-order valence-electron chi connectivity index (χ4n) is 1.43. The van der Waals surface area contributed by atoms with Gasteiger partial charge in [-0.05, 0) is 6.54 Å². The molecule has 6 heteroatoms. The van der Waals surface area contributed by atoms with Crippen LogP contribution in [0.25, 0.3) is 0 Å². The van der Waals surface area contributed by atoms with Crippen LogP contribution in [0, 0.1) is 0 Å². The Bertz CT molecular complexity index is 394. The number of aryl methyl sites for hydroxylation is 2. The summed E-state index contributed by atoms with van der Waals surface area (Å²) in [4.78, 5) is 8.04. The van der Waals surface area contributed by atoms with Gasteiger partial charge in [0.15, 0.2) is 6.33 Å². The second-order valence-electron chi connectivity index (χ2n) is 3.20. The van der Waals surface area contributed by atoms with E-state index in [-0.39, 0.29) is 0 Å². The molecule has 2 N–H and O–H groups in total. The number of hydrogen-bond acceptors (Lipinski definition) is 5. The molecule has 2 aromatic rings. The maximum absolute atomic E-state index is 5.50. The van der Waals surface area contributed by atoms with Gasteiger partial charge in [-0.2, -0.15) is 4.98 Å². The number of nitrogens with two attached hydrogens (primary N) is 1. The summed E-state index contributed by atoms with van der Waals surface area (Å²) >= 11 is 0. The summed E-state index contributed by atoms with van der Waals surface area (Å²) in [6, 6.07) is 0. The molecule has 0 atom stereocenters. The van der Waals surface area contributed by atoms with Crippen LogP contribution >= 0.6 is 0 Å². The molecule has 0 aliphatic carbocycles. The lowest BCUT2D eigenvalue weighted by Crippen LogP contribution is -2.09. The van der Waals surface area contributed by atoms with Gasteiger partial charge in [0.25, 0.3) is 0 Å². The molecule has 0 aliphatic rings. The van der Waals surface area contributed by atoms with Gasteiger partial charge < -0.3 is 14.8 Å². The molecule has 2 heterocycles. The minimum atomic E-state index is 0.631. The molecule has 0 unspecified atom stereocenters. The highest BCUT2D eigenvalue weighted by Crippen LogP contribution is 2.02. The van der Waals surface area contributed by atoms with Crippen molar-refractivity contribution in [1.82, 2.24) is 19.7 Å². The van der Waals surface area contributed by atoms with Gasteiger partial charge in [-0.3, -0.25) is 0 Å². The van der Waals surface area contributed by atoms with Crippen LogP contribution in [0.15, 0.2) is 23.4 Å². The molecule has 0 bridgehead atoms. The van der Waals surface area contributed by atoms with Crippen LogP contribution in [0.1, 0.15) is 11.6 Å². The summed E-state index contributed by atoms with van der Waals surface area (Å²) in [5.41, 5.74) is 6.63. The Balaban J connectivity index is 1.95. The first-order valence-corrected chi connectivity index (χ1v) is 4.85. The van der Waals surface area contributed by atoms with E-state index in [9.17, 15) is 0 Å². The number of hydrogen-bond donors (Lipinski definition) is 1. The Hall–Kier alpha value is -1.69. The molecular formula is C9H13N5O. The Morgan fingerprint density at radius 1 is 1.40 bits per heavy atom. The van der Waals surface area contributed by atoms with Gasteiger partial charge in [0.05, 0.1) is 6.33 Å². The Labute approximate surface area is 87.1 Å². The number of imidazole rings is 1. The third-order valence-electron chi connectivity index (χ3n) is 2.17. The summed E-state index contributed by atoms with van der Waals surface area (Å²) in [5, 5.41) is 3.55. The largest absolute Gasteiger partial charge is 0.340 e. The number of rotatable bonds is 5. The van der Waals surface area contributed by atoms with Crippen molar-refractivity contribution in [2.24, 2.45) is 5.73 Å². The minimum Gasteiger partial charge on any atom is -0.340 e. The van der Waals surface area contributed by atoms with Gasteiger partial charge in [-0.25, -0.2) is 4.98 Å². The first kappa shape index (κ1) is 9.85. The molecule has 15 heavy (non-hydrogen) atoms. The predicted molar refractivity (Wildman–Crippen MR) is 53.0 cm³/mol. The summed E-state index contributed by atoms with van der Waals surface area (Å²) in [6.07, 6.45) is 6.59. The molecule has 0 amide bonds. The van der Waals surface area contributed by atoms with Crippen LogP contribution < -0.4 is 5.73 Å². The van der Waals surface area contributed by atoms with Crippen molar-refractivity contribution < 1.29 is 4.52 Å². The van der Waals surface area contributed by atoms with Crippen molar-refractivity contribution in [3.05, 3.63) is 30.4 Å². The lowest BCUT2D eigenvalue weighted by Gasteiger charge is -2.04. The molecule has 0 spiro atoms. The summed E-state index contributed by atoms with van der Waals surface area (Å²) in [7, 11) is 0. The van der Waals surface area contributed by atoms with E-state index >= 15 is 0 Å². The summed E-state index contributed by atoms with van der Waals surface area (Å²) in [6.45, 7) is 1.42. The first-order valence-electron chi connectivity index (χ1n) is 4.85. The van der Waals surface area contributed by atoms with Crippen molar-refractivity contribution in [3.8, 4) is 0 Å². The maximum Gasteiger partial charge on any atom is 0.228 e. The third-order valence-corrected chi connectivity index (χ3v) is 2.17. The molecule has 6 nitrogen and oxygen atoms in total. The van der Waals surface area contributed by atoms with Gasteiger partial charge in [-0.1, -0.05) is 5.16 Å². The highest BCUT2D eigenvalue weighted by molar-refractivity contribution is 4.99. The predicted octanol–water partition coefficient (Wildman–Crippen LogP) is 0.01000. The molecular weight excluding hydrogens is 194 g/mol. The highest BCUT2D eigenvalue weighted by atomic mass is 16.5. The van der Waals surface area contributed by atoms with Crippen molar-refractivity contribution >= 4 is 0 Å². The minimum absolute atomic E-state index is 0.631. The highest BCUT2D eigenvalue weighted by Gasteiger charge is 2.03. The first-order chi connectivity index (χ1) is 7.40. The Morgan fingerprint density at radius 3 is 3.07 bits per heavy atom. The Morgan fingerprint density at radius 2 is 2.33 bits per heavy atom. The molecule has 0 saturated carbocycles. The van der Waals surface area contributed by atoms with E-state index in [0.29, 0.717) is 18.9 Å². The molecule has 80 valence electrons. The lowest BCUT2D eigenvalue weighted by molar-refractivity contribution is 0.370. The second-order valence-corrected chi connectivity index (χ2v) is 3.20. The van der Waals surface area contributed by atoms with E-state index in [1.54, 1.807) is 6.33 Å². The molecule has 2 aromatic heterocycles. The molecule has 2 rings (SSSR count). The van der Waals surface area contributed by atoms with Gasteiger partial charge in [0, 0.05) is 31.3 Å². The average molecular weight is 207 g/mol. The third kappa shape index (κ3) is 2.41. The van der Waals surface area contributed by atoms with Crippen molar-refractivity contribution in [1.29, 1.82) is 0 Å². The Kier molecular flexibility index (Phi) is 3.08. The van der Waals surface area contributed by atoms with E-state index in [1.165, 1.54) is 6.33 Å². The zero-order chi connectivity index (χ0) is 10.5. The van der Waals surface area contributed by atoms with Crippen molar-refractivity contribution in [3.63, 3.8) is 0 Å². The van der Waals surface area contributed by atoms with Gasteiger partial charge in [0.2, 0.25) is 5.89 Å². The maximum atomic E-state index is 5.50. The van der Waals surface area contributed by atoms with Crippen LogP contribution in [-0.4, -0.2) is 26.2 Å². The summed E-state index contributed by atoms with van der Waals surface area (Å²) in [5.74, 6) is 0.641. The zero-order valence-electron chi connectivity index (χ0n) is 8.33. The lowest BCUT2D eigenvalue weighted by atomic mass is 10.3. The quantitative estimate of drug-likeness (QED) is 0.746. The van der Waals surface area contributed by atoms with E-state index < -0.39 is 0 Å². The van der Waals surface area contributed by atoms with Crippen molar-refractivity contribution in [2.75, 3.05) is 6.54 Å². The van der Waals surface area contributed by atoms with Crippen molar-refractivity contribution in [2.45, 2.75) is 19.4 Å². The van der Waals surface area contributed by atoms with Crippen LogP contribution in [0.2, 0.25) is 0 Å². The molecule has 0 aromatic carbocycles. The molecule has 0 radical (unpaired) electrons. The van der Waals surface area contributed by atoms with E-state index in [0.717, 1.165) is 18.7 Å². The standard InChI is InChI=1S/C9H13N5O/c10-3-1-8-5-11-7-14(8)4-2-9-12-6-13-15-9/h5-7H,1-4,10H2. The normalized spacial score (nSPS) is 10.7. The smallest absolute Gasteiger partial charge is 0.228 e. The average Bonchev–Trinajstić information content (AvgIpc) is 2.85. The molecule has 0 aliphatic heterocycles. The SMILES string of the molecule is NCCc1cncn1CCc1ncno1. The van der Waals surface area contributed by atoms with E-state index in [2.05, 4.69) is 19.7 Å². The topological polar surface area (TPSA) is 82.8 Å². The van der Waals surface area contributed by atoms with Crippen LogP contribution in [0.5, 0.6) is 0 Å². The summed E-state index contributed by atoms with van der Waals surface area (Å²) < 4.78 is 6.96. The van der Waals surface area contributed by atoms with Gasteiger partial charge in [-0.15, -0.1) is 0 Å². The van der Waals surface area contributed by atoms with E-state index in [4.69, 9.17) is 10.3 Å². The zero-order valence-corrected chi connectivity index (χ0v) is 8.33.